The Morgan fingerprint density at radius 1 is 0.343 bits per heavy atom. The van der Waals surface area contributed by atoms with Crippen molar-refractivity contribution in [2.75, 3.05) is 21.7 Å². The van der Waals surface area contributed by atoms with Crippen molar-refractivity contribution < 1.29 is 0 Å². The van der Waals surface area contributed by atoms with Crippen LogP contribution in [0.2, 0.25) is 0 Å². The van der Waals surface area contributed by atoms with Crippen LogP contribution >= 0.6 is 0 Å². The van der Waals surface area contributed by atoms with Crippen molar-refractivity contribution >= 4 is 45.3 Å². The molecule has 0 aromatic heterocycles. The van der Waals surface area contributed by atoms with Crippen LogP contribution in [-0.2, 0) is 0 Å². The molecule has 3 nitrogen and oxygen atoms in total. The third kappa shape index (κ3) is 9.71. The van der Waals surface area contributed by atoms with Gasteiger partial charge in [-0.3, -0.25) is 0 Å². The number of rotatable bonds is 13. The fraction of sp³-hybridized carbons (Fsp3) is 0.164. The van der Waals surface area contributed by atoms with Gasteiger partial charge in [0, 0.05) is 52.6 Å². The molecule has 70 heavy (non-hydrogen) atoms. The second-order valence-electron chi connectivity index (χ2n) is 19.0. The summed E-state index contributed by atoms with van der Waals surface area (Å²) in [6.45, 7) is 0. The number of hydrogen-bond donors (Lipinski definition) is 0. The van der Waals surface area contributed by atoms with Gasteiger partial charge in [-0.05, 0) is 205 Å². The topological polar surface area (TPSA) is 9.72 Å². The molecule has 7 aromatic rings. The Kier molecular flexibility index (Phi) is 13.2. The normalized spacial score (nSPS) is 15.7. The van der Waals surface area contributed by atoms with Gasteiger partial charge >= 0.3 is 0 Å². The molecule has 0 N–H and O–H groups in total. The first-order valence-electron chi connectivity index (χ1n) is 25.4. The lowest BCUT2D eigenvalue weighted by Crippen LogP contribution is -2.19. The molecular formula is C67H61N3. The number of para-hydroxylation sites is 1. The first-order valence-corrected chi connectivity index (χ1v) is 25.4. The van der Waals surface area contributed by atoms with E-state index in [4.69, 9.17) is 0 Å². The highest BCUT2D eigenvalue weighted by atomic mass is 15.2. The van der Waals surface area contributed by atoms with Gasteiger partial charge in [0.1, 0.15) is 0 Å². The maximum absolute atomic E-state index is 2.49. The molecule has 4 aliphatic rings. The molecule has 11 rings (SSSR count). The average Bonchev–Trinajstić information content (AvgIpc) is 3.45. The molecule has 3 heteroatoms. The first kappa shape index (κ1) is 44.6. The molecule has 0 heterocycles. The number of anilines is 6. The van der Waals surface area contributed by atoms with Crippen LogP contribution in [0.25, 0.3) is 33.4 Å². The fourth-order valence-electron chi connectivity index (χ4n) is 10.7. The van der Waals surface area contributed by atoms with E-state index in [1.165, 1.54) is 104 Å². The Balaban J connectivity index is 0.897. The van der Waals surface area contributed by atoms with Gasteiger partial charge in [0.2, 0.25) is 0 Å². The molecular weight excluding hydrogens is 847 g/mol. The number of benzene rings is 7. The highest BCUT2D eigenvalue weighted by Gasteiger charge is 2.22. The Morgan fingerprint density at radius 3 is 1.40 bits per heavy atom. The Morgan fingerprint density at radius 2 is 0.871 bits per heavy atom. The highest BCUT2D eigenvalue weighted by Crippen LogP contribution is 2.41. The van der Waals surface area contributed by atoms with E-state index < -0.39 is 0 Å². The molecule has 0 saturated carbocycles. The summed E-state index contributed by atoms with van der Waals surface area (Å²) < 4.78 is 0. The van der Waals surface area contributed by atoms with Crippen LogP contribution in [0.4, 0.5) is 34.1 Å². The zero-order valence-corrected chi connectivity index (χ0v) is 40.4. The summed E-state index contributed by atoms with van der Waals surface area (Å²) >= 11 is 0. The summed E-state index contributed by atoms with van der Waals surface area (Å²) in [6, 6.07) is 67.0. The van der Waals surface area contributed by atoms with E-state index in [1.54, 1.807) is 5.57 Å². The van der Waals surface area contributed by atoms with Gasteiger partial charge < -0.3 is 14.7 Å². The van der Waals surface area contributed by atoms with E-state index in [-0.39, 0.29) is 0 Å². The summed E-state index contributed by atoms with van der Waals surface area (Å²) in [5.41, 5.74) is 22.8. The summed E-state index contributed by atoms with van der Waals surface area (Å²) in [6.07, 6.45) is 29.9. The maximum Gasteiger partial charge on any atom is 0.0462 e. The Bertz CT molecular complexity index is 3150. The van der Waals surface area contributed by atoms with Gasteiger partial charge in [-0.15, -0.1) is 0 Å². The third-order valence-electron chi connectivity index (χ3n) is 14.6. The smallest absolute Gasteiger partial charge is 0.0462 e. The zero-order chi connectivity index (χ0) is 47.1. The zero-order valence-electron chi connectivity index (χ0n) is 40.4. The SMILES string of the molecule is CN(C1=C(c2ccc(N(C3=CC=C(C4=CCCCC4)CC3)c3ccc(-c4ccc(N(c5ccc(C6=CC=CCC6)cc5)c5ccc(-c6ccccc6)cc5)cc4)cc3)cc2)CCC=C1)c1ccccc1. The summed E-state index contributed by atoms with van der Waals surface area (Å²) in [5.74, 6) is 0. The monoisotopic (exact) mass is 907 g/mol. The molecule has 0 atom stereocenters. The van der Waals surface area contributed by atoms with Gasteiger partial charge in [-0.2, -0.15) is 0 Å². The summed E-state index contributed by atoms with van der Waals surface area (Å²) in [4.78, 5) is 7.18. The first-order chi connectivity index (χ1) is 34.6. The molecule has 0 fully saturated rings. The van der Waals surface area contributed by atoms with E-state index >= 15 is 0 Å². The molecule has 0 aliphatic heterocycles. The standard InChI is InChI=1S/C67H61N3/c1-68(59-22-12-5-13-23-59)67-25-15-14-24-66(67)58-36-48-65(49-37-58)70(62-42-30-55(31-43-62)52-20-10-4-11-21-52)64-46-34-57(35-47-64)56-32-44-63(45-33-56)69(60-38-26-53(27-39-60)50-16-6-2-7-17-50)61-40-28-54(29-41-61)51-18-8-3-9-19-51/h2-3,5-8,12-13,15-18,20,22-23,25-30,32-42,44-49H,4,9-11,14,19,21,24,31,43H2,1H3. The van der Waals surface area contributed by atoms with Crippen LogP contribution in [0.5, 0.6) is 0 Å². The predicted molar refractivity (Wildman–Crippen MR) is 299 cm³/mol. The van der Waals surface area contributed by atoms with Crippen molar-refractivity contribution in [1.29, 1.82) is 0 Å². The van der Waals surface area contributed by atoms with E-state index in [9.17, 15) is 0 Å². The van der Waals surface area contributed by atoms with Crippen LogP contribution in [0.15, 0.2) is 253 Å². The molecule has 0 unspecified atom stereocenters. The minimum Gasteiger partial charge on any atom is -0.344 e. The third-order valence-corrected chi connectivity index (χ3v) is 14.6. The van der Waals surface area contributed by atoms with Crippen molar-refractivity contribution in [2.24, 2.45) is 0 Å². The molecule has 0 radical (unpaired) electrons. The molecule has 7 aromatic carbocycles. The van der Waals surface area contributed by atoms with Gasteiger partial charge in [0.05, 0.1) is 0 Å². The van der Waals surface area contributed by atoms with E-state index in [0.29, 0.717) is 0 Å². The number of likely N-dealkylation sites (N-methyl/N-ethyl adjacent to an activating group) is 1. The molecule has 0 saturated heterocycles. The highest BCUT2D eigenvalue weighted by molar-refractivity contribution is 5.83. The van der Waals surface area contributed by atoms with Crippen LogP contribution in [-0.4, -0.2) is 7.05 Å². The Labute approximate surface area is 415 Å². The van der Waals surface area contributed by atoms with Gasteiger partial charge in [0.25, 0.3) is 0 Å². The lowest BCUT2D eigenvalue weighted by Gasteiger charge is -2.31. The van der Waals surface area contributed by atoms with Gasteiger partial charge in [-0.25, -0.2) is 0 Å². The van der Waals surface area contributed by atoms with Crippen molar-refractivity contribution in [1.82, 2.24) is 0 Å². The largest absolute Gasteiger partial charge is 0.344 e. The van der Waals surface area contributed by atoms with E-state index in [0.717, 1.165) is 55.6 Å². The van der Waals surface area contributed by atoms with E-state index in [2.05, 4.69) is 252 Å². The number of nitrogens with zero attached hydrogens (tertiary/aromatic N) is 3. The van der Waals surface area contributed by atoms with Crippen molar-refractivity contribution in [3.05, 3.63) is 264 Å². The average molecular weight is 908 g/mol. The number of hydrogen-bond acceptors (Lipinski definition) is 3. The predicted octanol–water partition coefficient (Wildman–Crippen LogP) is 18.7. The van der Waals surface area contributed by atoms with Crippen LogP contribution < -0.4 is 14.7 Å². The molecule has 0 spiro atoms. The van der Waals surface area contributed by atoms with E-state index in [1.807, 2.05) is 0 Å². The summed E-state index contributed by atoms with van der Waals surface area (Å²) in [7, 11) is 2.18. The van der Waals surface area contributed by atoms with Crippen LogP contribution in [0, 0.1) is 0 Å². The molecule has 344 valence electrons. The fourth-order valence-corrected chi connectivity index (χ4v) is 10.7. The summed E-state index contributed by atoms with van der Waals surface area (Å²) in [5, 5.41) is 0. The molecule has 4 aliphatic carbocycles. The van der Waals surface area contributed by atoms with Gasteiger partial charge in [-0.1, -0.05) is 146 Å². The molecule has 0 bridgehead atoms. The minimum atomic E-state index is 1.000. The molecule has 0 amide bonds. The second-order valence-corrected chi connectivity index (χ2v) is 19.0. The lowest BCUT2D eigenvalue weighted by atomic mass is 9.88. The lowest BCUT2D eigenvalue weighted by molar-refractivity contribution is 0.696. The maximum atomic E-state index is 2.49. The van der Waals surface area contributed by atoms with Crippen molar-refractivity contribution in [3.8, 4) is 22.3 Å². The minimum absolute atomic E-state index is 1.000. The van der Waals surface area contributed by atoms with Crippen molar-refractivity contribution in [2.45, 2.75) is 64.2 Å². The second kappa shape index (κ2) is 20.8. The van der Waals surface area contributed by atoms with Crippen LogP contribution in [0.1, 0.15) is 75.3 Å². The Hall–Kier alpha value is -7.88. The quantitative estimate of drug-likeness (QED) is 0.114. The number of allylic oxidation sites excluding steroid dienone is 13. The van der Waals surface area contributed by atoms with Gasteiger partial charge in [0.15, 0.2) is 0 Å². The van der Waals surface area contributed by atoms with Crippen molar-refractivity contribution in [3.63, 3.8) is 0 Å². The van der Waals surface area contributed by atoms with Crippen LogP contribution in [0.3, 0.4) is 0 Å².